The number of aryl methyl sites for hydroxylation is 1. The molecule has 0 spiro atoms. The number of carbonyl (C=O) groups excluding carboxylic acids is 1. The highest BCUT2D eigenvalue weighted by molar-refractivity contribution is 6.33. The number of para-hydroxylation sites is 1. The van der Waals surface area contributed by atoms with Crippen LogP contribution in [0.3, 0.4) is 0 Å². The SMILES string of the molecule is Cc1nccn1-c1ccc(C(=O)N2CCN(c3ccccc3Cl)CC2)nn1. The number of benzene rings is 1. The molecular weight excluding hydrogens is 364 g/mol. The quantitative estimate of drug-likeness (QED) is 0.696. The van der Waals surface area contributed by atoms with Crippen molar-refractivity contribution in [1.29, 1.82) is 0 Å². The van der Waals surface area contributed by atoms with Crippen molar-refractivity contribution in [3.8, 4) is 5.82 Å². The van der Waals surface area contributed by atoms with E-state index in [0.29, 0.717) is 24.6 Å². The fourth-order valence-electron chi connectivity index (χ4n) is 3.21. The minimum absolute atomic E-state index is 0.102. The highest BCUT2D eigenvalue weighted by atomic mass is 35.5. The second kappa shape index (κ2) is 7.36. The first kappa shape index (κ1) is 17.5. The predicted molar refractivity (Wildman–Crippen MR) is 103 cm³/mol. The lowest BCUT2D eigenvalue weighted by Gasteiger charge is -2.36. The van der Waals surface area contributed by atoms with Crippen molar-refractivity contribution in [3.05, 3.63) is 65.3 Å². The van der Waals surface area contributed by atoms with Gasteiger partial charge in [-0.3, -0.25) is 9.36 Å². The van der Waals surface area contributed by atoms with Crippen molar-refractivity contribution in [3.63, 3.8) is 0 Å². The lowest BCUT2D eigenvalue weighted by atomic mass is 10.2. The van der Waals surface area contributed by atoms with E-state index in [1.165, 1.54) is 0 Å². The van der Waals surface area contributed by atoms with Gasteiger partial charge in [0, 0.05) is 38.6 Å². The summed E-state index contributed by atoms with van der Waals surface area (Å²) in [6, 6.07) is 11.3. The molecule has 0 saturated carbocycles. The van der Waals surface area contributed by atoms with Crippen LogP contribution in [0.2, 0.25) is 5.02 Å². The zero-order valence-electron chi connectivity index (χ0n) is 14.9. The monoisotopic (exact) mass is 382 g/mol. The van der Waals surface area contributed by atoms with E-state index in [-0.39, 0.29) is 5.91 Å². The zero-order valence-corrected chi connectivity index (χ0v) is 15.7. The van der Waals surface area contributed by atoms with Crippen LogP contribution >= 0.6 is 11.6 Å². The summed E-state index contributed by atoms with van der Waals surface area (Å²) in [6.07, 6.45) is 3.52. The first-order chi connectivity index (χ1) is 13.1. The van der Waals surface area contributed by atoms with Crippen LogP contribution in [-0.4, -0.2) is 56.7 Å². The van der Waals surface area contributed by atoms with Gasteiger partial charge in [-0.2, -0.15) is 0 Å². The highest BCUT2D eigenvalue weighted by Gasteiger charge is 2.24. The van der Waals surface area contributed by atoms with E-state index in [1.807, 2.05) is 42.0 Å². The molecule has 4 rings (SSSR count). The third kappa shape index (κ3) is 3.50. The van der Waals surface area contributed by atoms with Gasteiger partial charge in [-0.1, -0.05) is 23.7 Å². The number of nitrogens with zero attached hydrogens (tertiary/aromatic N) is 6. The molecule has 0 bridgehead atoms. The van der Waals surface area contributed by atoms with Gasteiger partial charge in [0.1, 0.15) is 5.82 Å². The molecule has 1 aliphatic heterocycles. The van der Waals surface area contributed by atoms with Gasteiger partial charge in [-0.15, -0.1) is 10.2 Å². The molecule has 0 atom stereocenters. The Morgan fingerprint density at radius 1 is 1.04 bits per heavy atom. The maximum atomic E-state index is 12.7. The average molecular weight is 383 g/mol. The summed E-state index contributed by atoms with van der Waals surface area (Å²) in [7, 11) is 0. The molecule has 1 amide bonds. The molecule has 0 N–H and O–H groups in total. The Balaban J connectivity index is 1.42. The molecule has 3 heterocycles. The fourth-order valence-corrected chi connectivity index (χ4v) is 3.46. The summed E-state index contributed by atoms with van der Waals surface area (Å²) >= 11 is 6.27. The van der Waals surface area contributed by atoms with Gasteiger partial charge in [-0.25, -0.2) is 4.98 Å². The molecule has 1 aromatic carbocycles. The number of imidazole rings is 1. The third-order valence-corrected chi connectivity index (χ3v) is 5.02. The van der Waals surface area contributed by atoms with Crippen LogP contribution in [0, 0.1) is 6.92 Å². The van der Waals surface area contributed by atoms with E-state index in [1.54, 1.807) is 23.2 Å². The zero-order chi connectivity index (χ0) is 18.8. The van der Waals surface area contributed by atoms with Gasteiger partial charge in [0.05, 0.1) is 10.7 Å². The number of halogens is 1. The van der Waals surface area contributed by atoms with Crippen LogP contribution in [0.1, 0.15) is 16.3 Å². The van der Waals surface area contributed by atoms with E-state index in [0.717, 1.165) is 29.6 Å². The van der Waals surface area contributed by atoms with E-state index >= 15 is 0 Å². The molecule has 7 nitrogen and oxygen atoms in total. The maximum absolute atomic E-state index is 12.7. The summed E-state index contributed by atoms with van der Waals surface area (Å²) in [5.74, 6) is 1.36. The Bertz CT molecular complexity index is 947. The van der Waals surface area contributed by atoms with Crippen LogP contribution < -0.4 is 4.90 Å². The second-order valence-electron chi connectivity index (χ2n) is 6.35. The molecule has 3 aromatic rings. The molecule has 0 radical (unpaired) electrons. The molecular formula is C19H19ClN6O. The van der Waals surface area contributed by atoms with Crippen molar-refractivity contribution in [2.45, 2.75) is 6.92 Å². The van der Waals surface area contributed by atoms with Gasteiger partial charge < -0.3 is 9.80 Å². The maximum Gasteiger partial charge on any atom is 0.274 e. The second-order valence-corrected chi connectivity index (χ2v) is 6.76. The third-order valence-electron chi connectivity index (χ3n) is 4.70. The van der Waals surface area contributed by atoms with Gasteiger partial charge in [0.25, 0.3) is 5.91 Å². The summed E-state index contributed by atoms with van der Waals surface area (Å²) in [5.41, 5.74) is 1.36. The number of hydrogen-bond acceptors (Lipinski definition) is 5. The van der Waals surface area contributed by atoms with Gasteiger partial charge >= 0.3 is 0 Å². The predicted octanol–water partition coefficient (Wildman–Crippen LogP) is 2.59. The molecule has 1 saturated heterocycles. The smallest absolute Gasteiger partial charge is 0.274 e. The Morgan fingerprint density at radius 3 is 2.44 bits per heavy atom. The molecule has 8 heteroatoms. The Labute approximate surface area is 162 Å². The Hall–Kier alpha value is -2.93. The highest BCUT2D eigenvalue weighted by Crippen LogP contribution is 2.26. The lowest BCUT2D eigenvalue weighted by Crippen LogP contribution is -2.49. The van der Waals surface area contributed by atoms with Crippen molar-refractivity contribution in [1.82, 2.24) is 24.6 Å². The van der Waals surface area contributed by atoms with Gasteiger partial charge in [-0.05, 0) is 31.2 Å². The molecule has 2 aromatic heterocycles. The number of carbonyl (C=O) groups is 1. The van der Waals surface area contributed by atoms with Crippen LogP contribution in [0.25, 0.3) is 5.82 Å². The molecule has 0 aliphatic carbocycles. The van der Waals surface area contributed by atoms with Crippen LogP contribution in [-0.2, 0) is 0 Å². The minimum Gasteiger partial charge on any atom is -0.367 e. The summed E-state index contributed by atoms with van der Waals surface area (Å²) in [5, 5.41) is 9.02. The summed E-state index contributed by atoms with van der Waals surface area (Å²) in [6.45, 7) is 4.59. The van der Waals surface area contributed by atoms with E-state index in [2.05, 4.69) is 20.1 Å². The number of rotatable bonds is 3. The lowest BCUT2D eigenvalue weighted by molar-refractivity contribution is 0.0739. The van der Waals surface area contributed by atoms with Crippen molar-refractivity contribution >= 4 is 23.2 Å². The fraction of sp³-hybridized carbons (Fsp3) is 0.263. The summed E-state index contributed by atoms with van der Waals surface area (Å²) < 4.78 is 1.82. The number of aromatic nitrogens is 4. The average Bonchev–Trinajstić information content (AvgIpc) is 3.14. The number of amides is 1. The van der Waals surface area contributed by atoms with E-state index < -0.39 is 0 Å². The van der Waals surface area contributed by atoms with Gasteiger partial charge in [0.15, 0.2) is 11.5 Å². The minimum atomic E-state index is -0.102. The first-order valence-electron chi connectivity index (χ1n) is 8.76. The molecule has 1 fully saturated rings. The Kier molecular flexibility index (Phi) is 4.77. The number of hydrogen-bond donors (Lipinski definition) is 0. The topological polar surface area (TPSA) is 67.2 Å². The van der Waals surface area contributed by atoms with Gasteiger partial charge in [0.2, 0.25) is 0 Å². The molecule has 1 aliphatic rings. The van der Waals surface area contributed by atoms with Crippen molar-refractivity contribution in [2.24, 2.45) is 0 Å². The van der Waals surface area contributed by atoms with Crippen molar-refractivity contribution < 1.29 is 4.79 Å². The first-order valence-corrected chi connectivity index (χ1v) is 9.14. The van der Waals surface area contributed by atoms with Crippen LogP contribution in [0.4, 0.5) is 5.69 Å². The summed E-state index contributed by atoms with van der Waals surface area (Å²) in [4.78, 5) is 20.9. The van der Waals surface area contributed by atoms with E-state index in [9.17, 15) is 4.79 Å². The largest absolute Gasteiger partial charge is 0.367 e. The molecule has 138 valence electrons. The number of anilines is 1. The molecule has 27 heavy (non-hydrogen) atoms. The number of piperazine rings is 1. The normalized spacial score (nSPS) is 14.4. The van der Waals surface area contributed by atoms with Crippen LogP contribution in [0.5, 0.6) is 0 Å². The molecule has 0 unspecified atom stereocenters. The van der Waals surface area contributed by atoms with E-state index in [4.69, 9.17) is 11.6 Å². The van der Waals surface area contributed by atoms with Crippen molar-refractivity contribution in [2.75, 3.05) is 31.1 Å². The standard InChI is InChI=1S/C19H19ClN6O/c1-14-21-8-9-26(14)18-7-6-16(22-23-18)19(27)25-12-10-24(11-13-25)17-5-3-2-4-15(17)20/h2-9H,10-13H2,1H3. The Morgan fingerprint density at radius 2 is 1.81 bits per heavy atom. The van der Waals surface area contributed by atoms with Crippen LogP contribution in [0.15, 0.2) is 48.8 Å².